The predicted molar refractivity (Wildman–Crippen MR) is 52.7 cm³/mol. The van der Waals surface area contributed by atoms with Crippen molar-refractivity contribution >= 4 is 17.4 Å². The molecular formula is C9H13ClN2. The second-order valence-electron chi connectivity index (χ2n) is 3.12. The fraction of sp³-hybridized carbons (Fsp3) is 0.444. The van der Waals surface area contributed by atoms with Crippen molar-refractivity contribution in [2.24, 2.45) is 0 Å². The Hall–Kier alpha value is -0.760. The zero-order valence-electron chi connectivity index (χ0n) is 7.56. The van der Waals surface area contributed by atoms with Gasteiger partial charge in [-0.25, -0.2) is 4.98 Å². The Bertz CT molecular complexity index is 271. The zero-order valence-corrected chi connectivity index (χ0v) is 8.31. The van der Waals surface area contributed by atoms with E-state index in [4.69, 9.17) is 11.6 Å². The Balaban J connectivity index is 2.86. The van der Waals surface area contributed by atoms with Crippen LogP contribution in [0.25, 0.3) is 0 Å². The molecule has 0 aliphatic heterocycles. The number of halogens is 1. The second kappa shape index (κ2) is 3.76. The largest absolute Gasteiger partial charge is 0.368 e. The van der Waals surface area contributed by atoms with Gasteiger partial charge in [0, 0.05) is 12.2 Å². The number of rotatable bonds is 2. The summed E-state index contributed by atoms with van der Waals surface area (Å²) in [6, 6.07) is 2.30. The van der Waals surface area contributed by atoms with Gasteiger partial charge in [-0.05, 0) is 32.4 Å². The molecular weight excluding hydrogens is 172 g/mol. The summed E-state index contributed by atoms with van der Waals surface area (Å²) in [5.41, 5.74) is 1.08. The fourth-order valence-electron chi connectivity index (χ4n) is 0.965. The van der Waals surface area contributed by atoms with E-state index in [1.54, 1.807) is 6.20 Å². The maximum absolute atomic E-state index is 5.76. The number of nitrogens with one attached hydrogen (secondary N) is 1. The normalized spacial score (nSPS) is 10.4. The second-order valence-corrected chi connectivity index (χ2v) is 3.55. The average molecular weight is 185 g/mol. The first-order valence-electron chi connectivity index (χ1n) is 3.98. The van der Waals surface area contributed by atoms with Crippen molar-refractivity contribution < 1.29 is 0 Å². The highest BCUT2D eigenvalue weighted by Gasteiger charge is 2.00. The Kier molecular flexibility index (Phi) is 2.93. The van der Waals surface area contributed by atoms with E-state index in [1.807, 2.05) is 13.0 Å². The monoisotopic (exact) mass is 184 g/mol. The summed E-state index contributed by atoms with van der Waals surface area (Å²) in [4.78, 5) is 4.17. The SMILES string of the molecule is Cc1cc(Cl)cnc1NC(C)C. The number of aryl methyl sites for hydroxylation is 1. The molecule has 1 N–H and O–H groups in total. The van der Waals surface area contributed by atoms with Gasteiger partial charge in [0.05, 0.1) is 5.02 Å². The minimum absolute atomic E-state index is 0.400. The maximum Gasteiger partial charge on any atom is 0.129 e. The van der Waals surface area contributed by atoms with Crippen LogP contribution in [0.4, 0.5) is 5.82 Å². The van der Waals surface area contributed by atoms with Gasteiger partial charge in [-0.3, -0.25) is 0 Å². The highest BCUT2D eigenvalue weighted by molar-refractivity contribution is 6.30. The van der Waals surface area contributed by atoms with E-state index in [2.05, 4.69) is 24.1 Å². The predicted octanol–water partition coefficient (Wildman–Crippen LogP) is 2.86. The first kappa shape index (κ1) is 9.33. The quantitative estimate of drug-likeness (QED) is 0.765. The molecule has 1 heterocycles. The Morgan fingerprint density at radius 3 is 2.67 bits per heavy atom. The van der Waals surface area contributed by atoms with Crippen LogP contribution in [-0.2, 0) is 0 Å². The van der Waals surface area contributed by atoms with Crippen LogP contribution in [0.5, 0.6) is 0 Å². The van der Waals surface area contributed by atoms with Crippen molar-refractivity contribution in [3.8, 4) is 0 Å². The summed E-state index contributed by atoms with van der Waals surface area (Å²) >= 11 is 5.76. The van der Waals surface area contributed by atoms with Gasteiger partial charge < -0.3 is 5.32 Å². The van der Waals surface area contributed by atoms with Crippen LogP contribution in [0, 0.1) is 6.92 Å². The lowest BCUT2D eigenvalue weighted by Crippen LogP contribution is -2.11. The van der Waals surface area contributed by atoms with Gasteiger partial charge in [0.25, 0.3) is 0 Å². The van der Waals surface area contributed by atoms with E-state index in [0.29, 0.717) is 11.1 Å². The number of aromatic nitrogens is 1. The molecule has 2 nitrogen and oxygen atoms in total. The Morgan fingerprint density at radius 2 is 2.17 bits per heavy atom. The first-order chi connectivity index (χ1) is 5.59. The molecule has 0 unspecified atom stereocenters. The summed E-state index contributed by atoms with van der Waals surface area (Å²) < 4.78 is 0. The van der Waals surface area contributed by atoms with E-state index in [-0.39, 0.29) is 0 Å². The molecule has 0 fully saturated rings. The molecule has 0 radical (unpaired) electrons. The molecule has 1 aromatic heterocycles. The van der Waals surface area contributed by atoms with Crippen LogP contribution in [-0.4, -0.2) is 11.0 Å². The third kappa shape index (κ3) is 2.38. The van der Waals surface area contributed by atoms with Gasteiger partial charge in [-0.15, -0.1) is 0 Å². The highest BCUT2D eigenvalue weighted by atomic mass is 35.5. The number of nitrogens with zero attached hydrogens (tertiary/aromatic N) is 1. The van der Waals surface area contributed by atoms with Gasteiger partial charge in [0.1, 0.15) is 5.82 Å². The van der Waals surface area contributed by atoms with Crippen molar-refractivity contribution in [3.05, 3.63) is 22.8 Å². The molecule has 0 aliphatic rings. The lowest BCUT2D eigenvalue weighted by atomic mass is 10.2. The maximum atomic E-state index is 5.76. The Morgan fingerprint density at radius 1 is 1.50 bits per heavy atom. The lowest BCUT2D eigenvalue weighted by Gasteiger charge is -2.10. The van der Waals surface area contributed by atoms with E-state index in [9.17, 15) is 0 Å². The smallest absolute Gasteiger partial charge is 0.129 e. The highest BCUT2D eigenvalue weighted by Crippen LogP contribution is 2.16. The lowest BCUT2D eigenvalue weighted by molar-refractivity contribution is 0.886. The molecule has 1 aromatic rings. The standard InChI is InChI=1S/C9H13ClN2/c1-6(2)12-9-7(3)4-8(10)5-11-9/h4-6H,1-3H3,(H,11,12). The van der Waals surface area contributed by atoms with Crippen molar-refractivity contribution in [2.75, 3.05) is 5.32 Å². The summed E-state index contributed by atoms with van der Waals surface area (Å²) in [7, 11) is 0. The molecule has 3 heteroatoms. The average Bonchev–Trinajstić information content (AvgIpc) is 1.94. The molecule has 0 aromatic carbocycles. The number of hydrogen-bond acceptors (Lipinski definition) is 2. The van der Waals surface area contributed by atoms with Gasteiger partial charge in [0.15, 0.2) is 0 Å². The minimum atomic E-state index is 0.400. The molecule has 0 bridgehead atoms. The van der Waals surface area contributed by atoms with Crippen molar-refractivity contribution in [1.29, 1.82) is 0 Å². The molecule has 66 valence electrons. The summed E-state index contributed by atoms with van der Waals surface area (Å²) in [6.07, 6.45) is 1.65. The molecule has 0 aliphatic carbocycles. The third-order valence-corrected chi connectivity index (χ3v) is 1.68. The van der Waals surface area contributed by atoms with Crippen LogP contribution in [0.1, 0.15) is 19.4 Å². The number of anilines is 1. The van der Waals surface area contributed by atoms with E-state index in [1.165, 1.54) is 0 Å². The molecule has 0 amide bonds. The first-order valence-corrected chi connectivity index (χ1v) is 4.36. The van der Waals surface area contributed by atoms with Crippen molar-refractivity contribution in [3.63, 3.8) is 0 Å². The van der Waals surface area contributed by atoms with Crippen LogP contribution < -0.4 is 5.32 Å². The zero-order chi connectivity index (χ0) is 9.14. The van der Waals surface area contributed by atoms with Gasteiger partial charge in [0.2, 0.25) is 0 Å². The summed E-state index contributed by atoms with van der Waals surface area (Å²) in [6.45, 7) is 6.15. The van der Waals surface area contributed by atoms with Gasteiger partial charge in [-0.1, -0.05) is 11.6 Å². The van der Waals surface area contributed by atoms with E-state index in [0.717, 1.165) is 11.4 Å². The molecule has 1 rings (SSSR count). The molecule has 0 atom stereocenters. The van der Waals surface area contributed by atoms with E-state index >= 15 is 0 Å². The van der Waals surface area contributed by atoms with Crippen molar-refractivity contribution in [1.82, 2.24) is 4.98 Å². The van der Waals surface area contributed by atoms with Gasteiger partial charge in [-0.2, -0.15) is 0 Å². The number of hydrogen-bond donors (Lipinski definition) is 1. The Labute approximate surface area is 78.0 Å². The summed E-state index contributed by atoms with van der Waals surface area (Å²) in [5, 5.41) is 3.91. The van der Waals surface area contributed by atoms with Crippen LogP contribution in [0.2, 0.25) is 5.02 Å². The summed E-state index contributed by atoms with van der Waals surface area (Å²) in [5.74, 6) is 0.911. The van der Waals surface area contributed by atoms with Gasteiger partial charge >= 0.3 is 0 Å². The number of pyridine rings is 1. The van der Waals surface area contributed by atoms with Crippen LogP contribution >= 0.6 is 11.6 Å². The molecule has 0 saturated carbocycles. The fourth-order valence-corrected chi connectivity index (χ4v) is 1.18. The third-order valence-electron chi connectivity index (χ3n) is 1.47. The van der Waals surface area contributed by atoms with E-state index < -0.39 is 0 Å². The molecule has 0 saturated heterocycles. The topological polar surface area (TPSA) is 24.9 Å². The van der Waals surface area contributed by atoms with Crippen molar-refractivity contribution in [2.45, 2.75) is 26.8 Å². The molecule has 12 heavy (non-hydrogen) atoms. The van der Waals surface area contributed by atoms with Crippen LogP contribution in [0.15, 0.2) is 12.3 Å². The van der Waals surface area contributed by atoms with Crippen LogP contribution in [0.3, 0.4) is 0 Å². The molecule has 0 spiro atoms. The minimum Gasteiger partial charge on any atom is -0.368 e.